The first-order valence-corrected chi connectivity index (χ1v) is 19.7. The summed E-state index contributed by atoms with van der Waals surface area (Å²) in [5.74, 6) is 1.87. The molecular weight excluding hydrogens is 680 g/mol. The number of fused-ring (bicyclic) bond motifs is 16. The van der Waals surface area contributed by atoms with Crippen LogP contribution in [0.2, 0.25) is 0 Å². The lowest BCUT2D eigenvalue weighted by atomic mass is 9.31. The summed E-state index contributed by atoms with van der Waals surface area (Å²) in [5.41, 5.74) is 21.5. The van der Waals surface area contributed by atoms with Crippen LogP contribution in [0.3, 0.4) is 0 Å². The minimum absolute atomic E-state index is 0.0186. The van der Waals surface area contributed by atoms with E-state index in [4.69, 9.17) is 4.74 Å². The van der Waals surface area contributed by atoms with Crippen molar-refractivity contribution >= 4 is 107 Å². The zero-order chi connectivity index (χ0) is 36.6. The Kier molecular flexibility index (Phi) is 5.28. The van der Waals surface area contributed by atoms with E-state index in [1.807, 2.05) is 0 Å². The van der Waals surface area contributed by atoms with Gasteiger partial charge in [0.1, 0.15) is 11.5 Å². The molecule has 4 aliphatic heterocycles. The van der Waals surface area contributed by atoms with Crippen molar-refractivity contribution in [1.29, 1.82) is 0 Å². The van der Waals surface area contributed by atoms with Crippen molar-refractivity contribution in [3.8, 4) is 22.9 Å². The fraction of sp³-hybridized carbons (Fsp3) is 0.0400. The molecule has 0 saturated carbocycles. The number of hydrogen-bond donors (Lipinski definition) is 0. The summed E-state index contributed by atoms with van der Waals surface area (Å²) in [4.78, 5) is 2.49. The van der Waals surface area contributed by atoms with Crippen molar-refractivity contribution in [3.05, 3.63) is 163 Å². The summed E-state index contributed by atoms with van der Waals surface area (Å²) in [6, 6.07) is 56.9. The predicted octanol–water partition coefficient (Wildman–Crippen LogP) is 8.05. The zero-order valence-corrected chi connectivity index (χ0v) is 30.8. The number of anilines is 3. The molecule has 2 aromatic heterocycles. The van der Waals surface area contributed by atoms with Crippen LogP contribution in [0.4, 0.5) is 17.1 Å². The van der Waals surface area contributed by atoms with Crippen molar-refractivity contribution in [2.75, 3.05) is 4.90 Å². The highest BCUT2D eigenvalue weighted by atomic mass is 16.5. The Morgan fingerprint density at radius 3 is 1.68 bits per heavy atom. The third kappa shape index (κ3) is 3.42. The lowest BCUT2D eigenvalue weighted by Crippen LogP contribution is -2.63. The Morgan fingerprint density at radius 2 is 1.00 bits per heavy atom. The molecule has 0 saturated heterocycles. The van der Waals surface area contributed by atoms with Gasteiger partial charge in [0.25, 0.3) is 13.4 Å². The van der Waals surface area contributed by atoms with Crippen LogP contribution >= 0.6 is 0 Å². The van der Waals surface area contributed by atoms with Crippen molar-refractivity contribution in [2.24, 2.45) is 0 Å². The number of aryl methyl sites for hydroxylation is 2. The van der Waals surface area contributed by atoms with Gasteiger partial charge < -0.3 is 18.8 Å². The molecule has 14 rings (SSSR count). The molecule has 56 heavy (non-hydrogen) atoms. The van der Waals surface area contributed by atoms with Gasteiger partial charge in [-0.15, -0.1) is 0 Å². The SMILES string of the molecule is Cc1ccc2c(c1)-n1c3ccccc3c3ccc4c(c31)B2c1cc2c(cc1O4)N(c1ccccc1)c1ccc3c4ccccc4n4c3c1B2c1ccc(C)cc1-4. The highest BCUT2D eigenvalue weighted by Crippen LogP contribution is 2.45. The third-order valence-corrected chi connectivity index (χ3v) is 13.2. The summed E-state index contributed by atoms with van der Waals surface area (Å²) in [6.45, 7) is 4.48. The molecule has 0 amide bonds. The van der Waals surface area contributed by atoms with Gasteiger partial charge in [-0.2, -0.15) is 0 Å². The smallest absolute Gasteiger partial charge is 0.256 e. The molecule has 10 aromatic rings. The van der Waals surface area contributed by atoms with Crippen molar-refractivity contribution in [2.45, 2.75) is 13.8 Å². The van der Waals surface area contributed by atoms with Crippen molar-refractivity contribution in [3.63, 3.8) is 0 Å². The van der Waals surface area contributed by atoms with Gasteiger partial charge in [0.05, 0.1) is 22.1 Å². The second kappa shape index (κ2) is 10.0. The van der Waals surface area contributed by atoms with E-state index in [-0.39, 0.29) is 13.4 Å². The number of nitrogens with zero attached hydrogens (tertiary/aromatic N) is 3. The second-order valence-electron chi connectivity index (χ2n) is 16.2. The fourth-order valence-corrected chi connectivity index (χ4v) is 11.1. The number of hydrogen-bond acceptors (Lipinski definition) is 2. The number of para-hydroxylation sites is 3. The van der Waals surface area contributed by atoms with E-state index in [0.717, 1.165) is 17.2 Å². The van der Waals surface area contributed by atoms with E-state index in [0.29, 0.717) is 0 Å². The molecule has 0 spiro atoms. The standard InChI is InChI=1S/C50H31B2N3O/c1-28-16-20-35-42(24-28)54-39-14-8-6-12-31(39)33-18-22-41-47(49(33)54)51(35)37-26-38-46(27-44(37)53(41)30-10-4-3-5-11-30)56-45-23-19-34-32-13-7-9-15-40(32)55-43-25-29(2)17-21-36(43)52(38)48(45)50(34)55/h3-27H,1-2H3. The first-order chi connectivity index (χ1) is 27.6. The van der Waals surface area contributed by atoms with Crippen molar-refractivity contribution in [1.82, 2.24) is 9.13 Å². The van der Waals surface area contributed by atoms with Gasteiger partial charge in [-0.3, -0.25) is 0 Å². The average molecular weight is 711 g/mol. The average Bonchev–Trinajstić information content (AvgIpc) is 3.76. The quantitative estimate of drug-likeness (QED) is 0.161. The molecule has 0 atom stereocenters. The number of ether oxygens (including phenoxy) is 1. The molecular formula is C50H31B2N3O. The fourth-order valence-electron chi connectivity index (χ4n) is 11.1. The summed E-state index contributed by atoms with van der Waals surface area (Å²) >= 11 is 0. The van der Waals surface area contributed by atoms with E-state index in [1.54, 1.807) is 0 Å². The maximum atomic E-state index is 7.15. The Labute approximate surface area is 324 Å². The maximum absolute atomic E-state index is 7.15. The molecule has 6 heteroatoms. The molecule has 0 bridgehead atoms. The molecule has 0 unspecified atom stereocenters. The Balaban J connectivity index is 1.13. The van der Waals surface area contributed by atoms with E-state index < -0.39 is 0 Å². The summed E-state index contributed by atoms with van der Waals surface area (Å²) in [6.07, 6.45) is 0. The van der Waals surface area contributed by atoms with Crippen LogP contribution in [0.5, 0.6) is 11.5 Å². The Hall–Kier alpha value is -6.91. The number of rotatable bonds is 1. The topological polar surface area (TPSA) is 22.3 Å². The third-order valence-electron chi connectivity index (χ3n) is 13.2. The Morgan fingerprint density at radius 1 is 0.411 bits per heavy atom. The number of benzene rings is 8. The summed E-state index contributed by atoms with van der Waals surface area (Å²) < 4.78 is 12.2. The van der Waals surface area contributed by atoms with E-state index in [1.165, 1.54) is 110 Å². The van der Waals surface area contributed by atoms with Crippen LogP contribution in [-0.2, 0) is 0 Å². The summed E-state index contributed by atoms with van der Waals surface area (Å²) in [5, 5.41) is 5.14. The van der Waals surface area contributed by atoms with Gasteiger partial charge in [0.15, 0.2) is 0 Å². The van der Waals surface area contributed by atoms with Gasteiger partial charge in [0.2, 0.25) is 0 Å². The largest absolute Gasteiger partial charge is 0.458 e. The first kappa shape index (κ1) is 29.4. The molecule has 4 aliphatic rings. The Bertz CT molecular complexity index is 3450. The molecule has 0 aliphatic carbocycles. The predicted molar refractivity (Wildman–Crippen MR) is 235 cm³/mol. The molecule has 0 N–H and O–H groups in total. The van der Waals surface area contributed by atoms with Crippen LogP contribution in [0.25, 0.3) is 55.0 Å². The molecule has 0 radical (unpaired) electrons. The minimum atomic E-state index is 0.0186. The van der Waals surface area contributed by atoms with E-state index >= 15 is 0 Å². The lowest BCUT2D eigenvalue weighted by Gasteiger charge is -2.41. The monoisotopic (exact) mass is 711 g/mol. The van der Waals surface area contributed by atoms with Gasteiger partial charge in [-0.05, 0) is 112 Å². The summed E-state index contributed by atoms with van der Waals surface area (Å²) in [7, 11) is 0. The maximum Gasteiger partial charge on any atom is 0.256 e. The lowest BCUT2D eigenvalue weighted by molar-refractivity contribution is 0.488. The van der Waals surface area contributed by atoms with Crippen LogP contribution in [0.15, 0.2) is 152 Å². The normalized spacial score (nSPS) is 13.9. The van der Waals surface area contributed by atoms with Crippen LogP contribution in [-0.4, -0.2) is 22.6 Å². The van der Waals surface area contributed by atoms with Gasteiger partial charge in [-0.25, -0.2) is 0 Å². The van der Waals surface area contributed by atoms with Gasteiger partial charge in [0, 0.05) is 56.0 Å². The molecule has 4 nitrogen and oxygen atoms in total. The van der Waals surface area contributed by atoms with Gasteiger partial charge >= 0.3 is 0 Å². The van der Waals surface area contributed by atoms with Crippen LogP contribution in [0.1, 0.15) is 11.1 Å². The van der Waals surface area contributed by atoms with Crippen LogP contribution in [0, 0.1) is 13.8 Å². The van der Waals surface area contributed by atoms with Gasteiger partial charge in [-0.1, -0.05) is 91.0 Å². The first-order valence-electron chi connectivity index (χ1n) is 19.7. The molecule has 258 valence electrons. The minimum Gasteiger partial charge on any atom is -0.458 e. The molecule has 8 aromatic carbocycles. The molecule has 0 fully saturated rings. The highest BCUT2D eigenvalue weighted by Gasteiger charge is 2.46. The zero-order valence-electron chi connectivity index (χ0n) is 30.8. The number of aromatic nitrogens is 2. The molecule has 6 heterocycles. The van der Waals surface area contributed by atoms with E-state index in [2.05, 4.69) is 180 Å². The van der Waals surface area contributed by atoms with Crippen LogP contribution < -0.4 is 42.4 Å². The van der Waals surface area contributed by atoms with Crippen molar-refractivity contribution < 1.29 is 4.74 Å². The van der Waals surface area contributed by atoms with E-state index in [9.17, 15) is 0 Å². The second-order valence-corrected chi connectivity index (χ2v) is 16.2. The highest BCUT2D eigenvalue weighted by molar-refractivity contribution is 7.02.